The highest BCUT2D eigenvalue weighted by molar-refractivity contribution is 9.11. The van der Waals surface area contributed by atoms with Gasteiger partial charge in [-0.2, -0.15) is 0 Å². The molecule has 6 heteroatoms. The van der Waals surface area contributed by atoms with Crippen molar-refractivity contribution in [2.45, 2.75) is 53.9 Å². The maximum absolute atomic E-state index is 5.84. The summed E-state index contributed by atoms with van der Waals surface area (Å²) in [5.74, 6) is 1.47. The second-order valence-electron chi connectivity index (χ2n) is 12.3. The summed E-state index contributed by atoms with van der Waals surface area (Å²) in [6.07, 6.45) is 2.07. The fourth-order valence-corrected chi connectivity index (χ4v) is 5.57. The van der Waals surface area contributed by atoms with Crippen molar-refractivity contribution in [1.82, 2.24) is 9.97 Å². The van der Waals surface area contributed by atoms with Crippen molar-refractivity contribution in [1.29, 1.82) is 0 Å². The van der Waals surface area contributed by atoms with Gasteiger partial charge in [-0.3, -0.25) is 0 Å². The zero-order valence-corrected chi connectivity index (χ0v) is 28.5. The molecule has 0 fully saturated rings. The largest absolute Gasteiger partial charge is 0.495 e. The number of ether oxygens (including phenoxy) is 2. The molecule has 0 atom stereocenters. The summed E-state index contributed by atoms with van der Waals surface area (Å²) in [7, 11) is 3.37. The summed E-state index contributed by atoms with van der Waals surface area (Å²) >= 11 is 7.36. The average Bonchev–Trinajstić information content (AvgIpc) is 2.90. The van der Waals surface area contributed by atoms with E-state index in [0.717, 1.165) is 64.6 Å². The Morgan fingerprint density at radius 1 is 0.878 bits per heavy atom. The maximum Gasteiger partial charge on any atom is 0.142 e. The zero-order chi connectivity index (χ0) is 30.3. The predicted octanol–water partition coefficient (Wildman–Crippen LogP) is 10.8. The first-order chi connectivity index (χ1) is 19.1. The van der Waals surface area contributed by atoms with Crippen LogP contribution in [0.2, 0.25) is 0 Å². The molecule has 4 nitrogen and oxygen atoms in total. The van der Waals surface area contributed by atoms with E-state index in [0.29, 0.717) is 5.76 Å². The van der Waals surface area contributed by atoms with Crippen LogP contribution < -0.4 is 4.74 Å². The Balaban J connectivity index is 2.01. The summed E-state index contributed by atoms with van der Waals surface area (Å²) < 4.78 is 13.5. The molecule has 0 saturated carbocycles. The van der Waals surface area contributed by atoms with Gasteiger partial charge in [0.1, 0.15) is 11.5 Å². The molecule has 0 unspecified atom stereocenters. The van der Waals surface area contributed by atoms with E-state index in [1.54, 1.807) is 14.2 Å². The second-order valence-corrected chi connectivity index (χ2v) is 14.3. The molecule has 2 aromatic carbocycles. The molecule has 4 rings (SSSR count). The van der Waals surface area contributed by atoms with Gasteiger partial charge in [-0.25, -0.2) is 9.97 Å². The number of hydrogen-bond donors (Lipinski definition) is 0. The smallest absolute Gasteiger partial charge is 0.142 e. The molecule has 0 spiro atoms. The van der Waals surface area contributed by atoms with Crippen LogP contribution in [0.4, 0.5) is 0 Å². The van der Waals surface area contributed by atoms with Crippen LogP contribution in [0.1, 0.15) is 59.7 Å². The molecule has 0 saturated heterocycles. The summed E-state index contributed by atoms with van der Waals surface area (Å²) in [4.78, 5) is 10.4. The lowest BCUT2D eigenvalue weighted by Crippen LogP contribution is -2.11. The fourth-order valence-electron chi connectivity index (χ4n) is 4.57. The van der Waals surface area contributed by atoms with Crippen molar-refractivity contribution in [2.75, 3.05) is 14.2 Å². The van der Waals surface area contributed by atoms with Gasteiger partial charge in [-0.05, 0) is 75.2 Å². The Hall–Kier alpha value is -2.96. The zero-order valence-electron chi connectivity index (χ0n) is 25.4. The Bertz CT molecular complexity index is 1720. The third kappa shape index (κ3) is 6.44. The summed E-state index contributed by atoms with van der Waals surface area (Å²) in [6.45, 7) is 19.4. The third-order valence-corrected chi connectivity index (χ3v) is 8.18. The van der Waals surface area contributed by atoms with Gasteiger partial charge >= 0.3 is 0 Å². The van der Waals surface area contributed by atoms with Gasteiger partial charge in [-0.15, -0.1) is 0 Å². The van der Waals surface area contributed by atoms with E-state index in [9.17, 15) is 0 Å². The minimum atomic E-state index is -0.112. The number of hydrogen-bond acceptors (Lipinski definition) is 4. The van der Waals surface area contributed by atoms with Gasteiger partial charge in [0, 0.05) is 26.4 Å². The number of allylic oxidation sites excluding steroid dienone is 4. The van der Waals surface area contributed by atoms with Crippen molar-refractivity contribution in [3.8, 4) is 17.0 Å². The third-order valence-electron chi connectivity index (χ3n) is 7.23. The molecule has 41 heavy (non-hydrogen) atoms. The number of halogens is 2. The van der Waals surface area contributed by atoms with Gasteiger partial charge in [0.15, 0.2) is 0 Å². The van der Waals surface area contributed by atoms with Gasteiger partial charge in [0.2, 0.25) is 0 Å². The van der Waals surface area contributed by atoms with E-state index >= 15 is 0 Å². The molecule has 4 aromatic rings. The quantitative estimate of drug-likeness (QED) is 0.116. The number of fused-ring (bicyclic) bond motifs is 3. The van der Waals surface area contributed by atoms with Gasteiger partial charge < -0.3 is 9.47 Å². The van der Waals surface area contributed by atoms with Crippen LogP contribution in [0, 0.1) is 5.41 Å². The van der Waals surface area contributed by atoms with Gasteiger partial charge in [0.25, 0.3) is 0 Å². The molecular formula is C35H38Br2N2O2. The summed E-state index contributed by atoms with van der Waals surface area (Å²) in [6, 6.07) is 16.8. The highest BCUT2D eigenvalue weighted by Crippen LogP contribution is 2.41. The number of methoxy groups -OCH3 is 2. The van der Waals surface area contributed by atoms with Crippen molar-refractivity contribution < 1.29 is 9.47 Å². The van der Waals surface area contributed by atoms with E-state index in [2.05, 4.69) is 122 Å². The summed E-state index contributed by atoms with van der Waals surface area (Å²) in [5, 5.41) is 2.02. The van der Waals surface area contributed by atoms with Crippen LogP contribution in [-0.2, 0) is 10.2 Å². The van der Waals surface area contributed by atoms with E-state index in [1.807, 2.05) is 19.1 Å². The standard InChI is InChI=1S/C35H38Br2N2O2/c1-20(34(3,4)5)17-25(32(40-9)21(2)36)28-15-13-22-11-12-23-14-16-29(39-31(23)30(22)38-28)26-18-24(35(6,7)8)19-27(37)33(26)41-10/h11-19H,1H2,2-10H3/b25-17-,32-21-. The molecular weight excluding hydrogens is 640 g/mol. The van der Waals surface area contributed by atoms with Gasteiger partial charge in [-0.1, -0.05) is 88.3 Å². The van der Waals surface area contributed by atoms with Crippen LogP contribution in [0.3, 0.4) is 0 Å². The fraction of sp³-hybridized carbons (Fsp3) is 0.314. The average molecular weight is 679 g/mol. The molecule has 0 radical (unpaired) electrons. The Morgan fingerprint density at radius 3 is 2.00 bits per heavy atom. The number of benzene rings is 2. The Morgan fingerprint density at radius 2 is 1.46 bits per heavy atom. The monoisotopic (exact) mass is 676 g/mol. The maximum atomic E-state index is 5.84. The molecule has 2 heterocycles. The van der Waals surface area contributed by atoms with Crippen molar-refractivity contribution >= 4 is 59.2 Å². The van der Waals surface area contributed by atoms with E-state index in [-0.39, 0.29) is 10.8 Å². The molecule has 0 amide bonds. The van der Waals surface area contributed by atoms with Crippen molar-refractivity contribution in [3.05, 3.63) is 92.7 Å². The van der Waals surface area contributed by atoms with Gasteiger partial charge in [0.05, 0.1) is 41.1 Å². The molecule has 214 valence electrons. The molecule has 0 aliphatic carbocycles. The lowest BCUT2D eigenvalue weighted by atomic mass is 9.85. The Labute approximate surface area is 260 Å². The van der Waals surface area contributed by atoms with E-state index < -0.39 is 0 Å². The van der Waals surface area contributed by atoms with Crippen LogP contribution in [-0.4, -0.2) is 24.2 Å². The highest BCUT2D eigenvalue weighted by Gasteiger charge is 2.22. The molecule has 0 aliphatic rings. The second kappa shape index (κ2) is 11.7. The molecule has 0 N–H and O–H groups in total. The van der Waals surface area contributed by atoms with Crippen molar-refractivity contribution in [2.24, 2.45) is 5.41 Å². The highest BCUT2D eigenvalue weighted by atomic mass is 79.9. The van der Waals surface area contributed by atoms with Crippen LogP contribution in [0.25, 0.3) is 38.6 Å². The molecule has 2 aromatic heterocycles. The minimum absolute atomic E-state index is 0.0382. The number of rotatable bonds is 6. The first kappa shape index (κ1) is 31.0. The van der Waals surface area contributed by atoms with E-state index in [4.69, 9.17) is 19.4 Å². The Kier molecular flexibility index (Phi) is 8.87. The van der Waals surface area contributed by atoms with E-state index in [1.165, 1.54) is 5.56 Å². The SMILES string of the molecule is C=C(/C=C(\C(OC)=C(/C)Br)c1ccc2ccc3ccc(-c4cc(C(C)(C)C)cc(Br)c4OC)nc3c2n1)C(C)(C)C. The number of pyridine rings is 2. The number of nitrogens with zero attached hydrogens (tertiary/aromatic N) is 2. The summed E-state index contributed by atoms with van der Waals surface area (Å²) in [5.41, 5.74) is 7.08. The molecule has 0 bridgehead atoms. The lowest BCUT2D eigenvalue weighted by molar-refractivity contribution is 0.309. The lowest BCUT2D eigenvalue weighted by Gasteiger charge is -2.22. The normalized spacial score (nSPS) is 13.4. The first-order valence-electron chi connectivity index (χ1n) is 13.6. The van der Waals surface area contributed by atoms with Crippen LogP contribution in [0.5, 0.6) is 5.75 Å². The van der Waals surface area contributed by atoms with Crippen molar-refractivity contribution in [3.63, 3.8) is 0 Å². The van der Waals surface area contributed by atoms with Crippen LogP contribution >= 0.6 is 31.9 Å². The first-order valence-corrected chi connectivity index (χ1v) is 15.2. The topological polar surface area (TPSA) is 44.2 Å². The van der Waals surface area contributed by atoms with Crippen LogP contribution in [0.15, 0.2) is 81.5 Å². The molecule has 0 aliphatic heterocycles. The predicted molar refractivity (Wildman–Crippen MR) is 181 cm³/mol. The number of aromatic nitrogens is 2. The minimum Gasteiger partial charge on any atom is -0.495 e.